The standard InChI is InChI=1S/C15H20F3NO3/c1-10(2)19-9-11-6-12(15(16,17)18)8-13(7-11)22-5-3-4-14(20)21/h6-8,10,19H,3-5,9H2,1-2H3,(H,20,21). The van der Waals surface area contributed by atoms with Gasteiger partial charge in [-0.3, -0.25) is 4.79 Å². The Labute approximate surface area is 127 Å². The molecule has 0 amide bonds. The second kappa shape index (κ2) is 8.03. The summed E-state index contributed by atoms with van der Waals surface area (Å²) < 4.78 is 43.9. The minimum Gasteiger partial charge on any atom is -0.494 e. The summed E-state index contributed by atoms with van der Waals surface area (Å²) in [7, 11) is 0. The molecule has 0 aromatic heterocycles. The van der Waals surface area contributed by atoms with Gasteiger partial charge in [-0.15, -0.1) is 0 Å². The Morgan fingerprint density at radius 1 is 1.32 bits per heavy atom. The molecule has 0 atom stereocenters. The van der Waals surface area contributed by atoms with Crippen molar-refractivity contribution in [2.75, 3.05) is 6.61 Å². The number of halogens is 3. The largest absolute Gasteiger partial charge is 0.494 e. The van der Waals surface area contributed by atoms with Gasteiger partial charge >= 0.3 is 12.1 Å². The number of carboxylic acid groups (broad SMARTS) is 1. The van der Waals surface area contributed by atoms with E-state index in [4.69, 9.17) is 9.84 Å². The zero-order chi connectivity index (χ0) is 16.8. The highest BCUT2D eigenvalue weighted by Gasteiger charge is 2.31. The summed E-state index contributed by atoms with van der Waals surface area (Å²) in [6.45, 7) is 4.16. The summed E-state index contributed by atoms with van der Waals surface area (Å²) in [4.78, 5) is 10.4. The van der Waals surface area contributed by atoms with Crippen LogP contribution in [0.2, 0.25) is 0 Å². The summed E-state index contributed by atoms with van der Waals surface area (Å²) in [5.74, 6) is -0.866. The van der Waals surface area contributed by atoms with E-state index in [-0.39, 0.29) is 31.2 Å². The fraction of sp³-hybridized carbons (Fsp3) is 0.533. The maximum absolute atomic E-state index is 12.9. The molecule has 1 aromatic carbocycles. The first-order chi connectivity index (χ1) is 10.2. The van der Waals surface area contributed by atoms with Crippen LogP contribution in [-0.4, -0.2) is 23.7 Å². The molecule has 22 heavy (non-hydrogen) atoms. The minimum absolute atomic E-state index is 0.0602. The summed E-state index contributed by atoms with van der Waals surface area (Å²) in [5.41, 5.74) is -0.305. The normalized spacial score (nSPS) is 11.7. The highest BCUT2D eigenvalue weighted by Crippen LogP contribution is 2.32. The Bertz CT molecular complexity index is 501. The number of aliphatic carboxylic acids is 1. The van der Waals surface area contributed by atoms with Crippen molar-refractivity contribution in [1.82, 2.24) is 5.32 Å². The van der Waals surface area contributed by atoms with Crippen molar-refractivity contribution in [3.8, 4) is 5.75 Å². The molecule has 0 fully saturated rings. The second-order valence-electron chi connectivity index (χ2n) is 5.24. The molecule has 0 unspecified atom stereocenters. The molecule has 7 heteroatoms. The SMILES string of the molecule is CC(C)NCc1cc(OCCCC(=O)O)cc(C(F)(F)F)c1. The molecule has 1 aromatic rings. The lowest BCUT2D eigenvalue weighted by Crippen LogP contribution is -2.22. The van der Waals surface area contributed by atoms with Crippen LogP contribution in [-0.2, 0) is 17.5 Å². The van der Waals surface area contributed by atoms with Crippen LogP contribution in [0.5, 0.6) is 5.75 Å². The van der Waals surface area contributed by atoms with Gasteiger partial charge in [-0.1, -0.05) is 13.8 Å². The quantitative estimate of drug-likeness (QED) is 0.721. The first kappa shape index (κ1) is 18.3. The lowest BCUT2D eigenvalue weighted by atomic mass is 10.1. The van der Waals surface area contributed by atoms with Crippen molar-refractivity contribution in [2.45, 2.75) is 45.5 Å². The van der Waals surface area contributed by atoms with Crippen molar-refractivity contribution in [2.24, 2.45) is 0 Å². The summed E-state index contributed by atoms with van der Waals surface area (Å²) in [6.07, 6.45) is -4.29. The first-order valence-electron chi connectivity index (χ1n) is 6.97. The van der Waals surface area contributed by atoms with Gasteiger partial charge in [0, 0.05) is 19.0 Å². The second-order valence-corrected chi connectivity index (χ2v) is 5.24. The molecule has 2 N–H and O–H groups in total. The summed E-state index contributed by atoms with van der Waals surface area (Å²) >= 11 is 0. The molecule has 0 heterocycles. The number of ether oxygens (including phenoxy) is 1. The van der Waals surface area contributed by atoms with Crippen LogP contribution in [0.3, 0.4) is 0 Å². The third-order valence-electron chi connectivity index (χ3n) is 2.81. The number of carboxylic acids is 1. The number of carbonyl (C=O) groups is 1. The average Bonchev–Trinajstić information content (AvgIpc) is 2.40. The number of rotatable bonds is 8. The van der Waals surface area contributed by atoms with Crippen LogP contribution in [0, 0.1) is 0 Å². The molecule has 0 aliphatic heterocycles. The molecule has 0 spiro atoms. The van der Waals surface area contributed by atoms with Crippen molar-refractivity contribution < 1.29 is 27.8 Å². The topological polar surface area (TPSA) is 58.6 Å². The average molecular weight is 319 g/mol. The first-order valence-corrected chi connectivity index (χ1v) is 6.97. The molecule has 0 saturated carbocycles. The van der Waals surface area contributed by atoms with Gasteiger partial charge in [0.25, 0.3) is 0 Å². The van der Waals surface area contributed by atoms with E-state index in [1.807, 2.05) is 13.8 Å². The third-order valence-corrected chi connectivity index (χ3v) is 2.81. The van der Waals surface area contributed by atoms with Crippen molar-refractivity contribution in [1.29, 1.82) is 0 Å². The number of hydrogen-bond acceptors (Lipinski definition) is 3. The third kappa shape index (κ3) is 6.80. The van der Waals surface area contributed by atoms with Gasteiger partial charge < -0.3 is 15.2 Å². The lowest BCUT2D eigenvalue weighted by molar-refractivity contribution is -0.138. The number of hydrogen-bond donors (Lipinski definition) is 2. The van der Waals surface area contributed by atoms with E-state index in [1.165, 1.54) is 6.07 Å². The van der Waals surface area contributed by atoms with Crippen LogP contribution >= 0.6 is 0 Å². The van der Waals surface area contributed by atoms with E-state index in [9.17, 15) is 18.0 Å². The lowest BCUT2D eigenvalue weighted by Gasteiger charge is -2.14. The maximum Gasteiger partial charge on any atom is 0.416 e. The van der Waals surface area contributed by atoms with Gasteiger partial charge in [-0.05, 0) is 30.2 Å². The van der Waals surface area contributed by atoms with Gasteiger partial charge in [0.15, 0.2) is 0 Å². The van der Waals surface area contributed by atoms with Crippen LogP contribution < -0.4 is 10.1 Å². The fourth-order valence-electron chi connectivity index (χ4n) is 1.75. The zero-order valence-corrected chi connectivity index (χ0v) is 12.5. The Hall–Kier alpha value is -1.76. The number of alkyl halides is 3. The van der Waals surface area contributed by atoms with E-state index in [0.717, 1.165) is 12.1 Å². The van der Waals surface area contributed by atoms with E-state index in [2.05, 4.69) is 5.32 Å². The predicted octanol–water partition coefficient (Wildman–Crippen LogP) is 3.45. The molecule has 0 bridgehead atoms. The Morgan fingerprint density at radius 3 is 2.55 bits per heavy atom. The van der Waals surface area contributed by atoms with E-state index in [0.29, 0.717) is 12.1 Å². The highest BCUT2D eigenvalue weighted by molar-refractivity contribution is 5.66. The van der Waals surface area contributed by atoms with Crippen LogP contribution in [0.25, 0.3) is 0 Å². The smallest absolute Gasteiger partial charge is 0.416 e. The monoisotopic (exact) mass is 319 g/mol. The number of benzene rings is 1. The zero-order valence-electron chi connectivity index (χ0n) is 12.5. The Balaban J connectivity index is 2.81. The summed E-state index contributed by atoms with van der Waals surface area (Å²) in [6, 6.07) is 3.69. The molecule has 4 nitrogen and oxygen atoms in total. The summed E-state index contributed by atoms with van der Waals surface area (Å²) in [5, 5.41) is 11.6. The maximum atomic E-state index is 12.9. The van der Waals surface area contributed by atoms with Crippen molar-refractivity contribution >= 4 is 5.97 Å². The van der Waals surface area contributed by atoms with Gasteiger partial charge in [-0.2, -0.15) is 13.2 Å². The molecular formula is C15H20F3NO3. The van der Waals surface area contributed by atoms with Crippen LogP contribution in [0.4, 0.5) is 13.2 Å². The van der Waals surface area contributed by atoms with Crippen molar-refractivity contribution in [3.05, 3.63) is 29.3 Å². The molecule has 0 aliphatic rings. The molecule has 0 saturated heterocycles. The molecule has 1 rings (SSSR count). The van der Waals surface area contributed by atoms with Crippen molar-refractivity contribution in [3.63, 3.8) is 0 Å². The minimum atomic E-state index is -4.45. The fourth-order valence-corrected chi connectivity index (χ4v) is 1.75. The van der Waals surface area contributed by atoms with Gasteiger partial charge in [0.2, 0.25) is 0 Å². The van der Waals surface area contributed by atoms with Gasteiger partial charge in [0.05, 0.1) is 12.2 Å². The predicted molar refractivity (Wildman–Crippen MR) is 75.8 cm³/mol. The van der Waals surface area contributed by atoms with Crippen LogP contribution in [0.1, 0.15) is 37.8 Å². The molecule has 0 aliphatic carbocycles. The highest BCUT2D eigenvalue weighted by atomic mass is 19.4. The Morgan fingerprint density at radius 2 is 2.00 bits per heavy atom. The Kier molecular flexibility index (Phi) is 6.67. The van der Waals surface area contributed by atoms with Crippen LogP contribution in [0.15, 0.2) is 18.2 Å². The molecule has 0 radical (unpaired) electrons. The number of nitrogens with one attached hydrogen (secondary N) is 1. The van der Waals surface area contributed by atoms with E-state index >= 15 is 0 Å². The molecular weight excluding hydrogens is 299 g/mol. The van der Waals surface area contributed by atoms with E-state index < -0.39 is 17.7 Å². The van der Waals surface area contributed by atoms with Gasteiger partial charge in [-0.25, -0.2) is 0 Å². The van der Waals surface area contributed by atoms with E-state index in [1.54, 1.807) is 0 Å². The molecule has 124 valence electrons. The van der Waals surface area contributed by atoms with Gasteiger partial charge in [0.1, 0.15) is 5.75 Å².